The van der Waals surface area contributed by atoms with Crippen LogP contribution < -0.4 is 0 Å². The van der Waals surface area contributed by atoms with Gasteiger partial charge in [0.25, 0.3) is 0 Å². The summed E-state index contributed by atoms with van der Waals surface area (Å²) in [6.45, 7) is 2.03. The smallest absolute Gasteiger partial charge is 0.416 e. The summed E-state index contributed by atoms with van der Waals surface area (Å²) in [7, 11) is 0. The molecule has 2 nitrogen and oxygen atoms in total. The van der Waals surface area contributed by atoms with Crippen LogP contribution in [0.1, 0.15) is 30.9 Å². The first kappa shape index (κ1) is 16.6. The number of carboxylic acids is 1. The molecule has 0 radical (unpaired) electrons. The lowest BCUT2D eigenvalue weighted by Crippen LogP contribution is -2.46. The van der Waals surface area contributed by atoms with Crippen LogP contribution in [0.4, 0.5) is 13.2 Å². The molecule has 2 aromatic carbocycles. The van der Waals surface area contributed by atoms with E-state index in [2.05, 4.69) is 0 Å². The van der Waals surface area contributed by atoms with E-state index in [1.807, 2.05) is 6.92 Å². The standard InChI is InChI=1S/C19H17F3O2/c1-12-10-18(11-12,17(23)24)15-6-2-13(3-7-15)14-4-8-16(9-5-14)19(20,21)22/h2-9,12H,10-11H2,1H3,(H,23,24). The number of carbonyl (C=O) groups is 1. The van der Waals surface area contributed by atoms with Gasteiger partial charge in [-0.05, 0) is 47.6 Å². The molecule has 1 saturated carbocycles. The Hall–Kier alpha value is -2.30. The van der Waals surface area contributed by atoms with E-state index in [0.717, 1.165) is 23.3 Å². The van der Waals surface area contributed by atoms with E-state index >= 15 is 0 Å². The maximum absolute atomic E-state index is 12.6. The van der Waals surface area contributed by atoms with Gasteiger partial charge in [0.2, 0.25) is 0 Å². The number of benzene rings is 2. The van der Waals surface area contributed by atoms with Crippen molar-refractivity contribution in [3.8, 4) is 11.1 Å². The zero-order chi connectivity index (χ0) is 17.5. The molecule has 0 saturated heterocycles. The first-order chi connectivity index (χ1) is 11.2. The van der Waals surface area contributed by atoms with Crippen molar-refractivity contribution >= 4 is 5.97 Å². The summed E-state index contributed by atoms with van der Waals surface area (Å²) < 4.78 is 37.8. The molecule has 0 atom stereocenters. The summed E-state index contributed by atoms with van der Waals surface area (Å²) >= 11 is 0. The van der Waals surface area contributed by atoms with E-state index in [-0.39, 0.29) is 0 Å². The molecular formula is C19H17F3O2. The van der Waals surface area contributed by atoms with Gasteiger partial charge in [-0.2, -0.15) is 13.2 Å². The quantitative estimate of drug-likeness (QED) is 0.845. The molecule has 0 aliphatic heterocycles. The Morgan fingerprint density at radius 1 is 1.00 bits per heavy atom. The van der Waals surface area contributed by atoms with Crippen molar-refractivity contribution in [2.24, 2.45) is 5.92 Å². The lowest BCUT2D eigenvalue weighted by molar-refractivity contribution is -0.149. The summed E-state index contributed by atoms with van der Waals surface area (Å²) in [4.78, 5) is 11.6. The number of rotatable bonds is 3. The van der Waals surface area contributed by atoms with Crippen molar-refractivity contribution in [3.63, 3.8) is 0 Å². The second-order valence-electron chi connectivity index (χ2n) is 6.55. The van der Waals surface area contributed by atoms with Gasteiger partial charge < -0.3 is 5.11 Å². The zero-order valence-electron chi connectivity index (χ0n) is 13.1. The van der Waals surface area contributed by atoms with E-state index in [4.69, 9.17) is 0 Å². The second-order valence-corrected chi connectivity index (χ2v) is 6.55. The van der Waals surface area contributed by atoms with Gasteiger partial charge >= 0.3 is 12.1 Å². The Morgan fingerprint density at radius 2 is 1.46 bits per heavy atom. The molecular weight excluding hydrogens is 317 g/mol. The van der Waals surface area contributed by atoms with Gasteiger partial charge in [0.1, 0.15) is 0 Å². The SMILES string of the molecule is CC1CC(C(=O)O)(c2ccc(-c3ccc(C(F)(F)F)cc3)cc2)C1. The first-order valence-electron chi connectivity index (χ1n) is 7.74. The van der Waals surface area contributed by atoms with E-state index in [1.165, 1.54) is 12.1 Å². The van der Waals surface area contributed by atoms with Crippen molar-refractivity contribution in [3.05, 3.63) is 59.7 Å². The molecule has 5 heteroatoms. The van der Waals surface area contributed by atoms with Gasteiger partial charge in [0.15, 0.2) is 0 Å². The van der Waals surface area contributed by atoms with Crippen LogP contribution in [0.25, 0.3) is 11.1 Å². The number of aliphatic carboxylic acids is 1. The molecule has 1 aliphatic carbocycles. The normalized spacial score (nSPS) is 23.6. The number of hydrogen-bond donors (Lipinski definition) is 1. The van der Waals surface area contributed by atoms with Crippen molar-refractivity contribution in [2.45, 2.75) is 31.4 Å². The van der Waals surface area contributed by atoms with E-state index in [9.17, 15) is 23.1 Å². The first-order valence-corrected chi connectivity index (χ1v) is 7.74. The van der Waals surface area contributed by atoms with E-state index in [1.54, 1.807) is 24.3 Å². The van der Waals surface area contributed by atoms with Crippen molar-refractivity contribution in [1.29, 1.82) is 0 Å². The highest BCUT2D eigenvalue weighted by Crippen LogP contribution is 2.48. The van der Waals surface area contributed by atoms with Gasteiger partial charge in [-0.15, -0.1) is 0 Å². The second kappa shape index (κ2) is 5.65. The highest BCUT2D eigenvalue weighted by molar-refractivity contribution is 5.83. The van der Waals surface area contributed by atoms with Gasteiger partial charge in [-0.1, -0.05) is 43.3 Å². The minimum atomic E-state index is -4.35. The van der Waals surface area contributed by atoms with Crippen LogP contribution in [0.2, 0.25) is 0 Å². The largest absolute Gasteiger partial charge is 0.481 e. The van der Waals surface area contributed by atoms with Gasteiger partial charge in [0, 0.05) is 0 Å². The summed E-state index contributed by atoms with van der Waals surface area (Å²) in [5, 5.41) is 9.54. The molecule has 3 rings (SSSR count). The van der Waals surface area contributed by atoms with Crippen LogP contribution in [-0.4, -0.2) is 11.1 Å². The molecule has 0 bridgehead atoms. The number of hydrogen-bond acceptors (Lipinski definition) is 1. The monoisotopic (exact) mass is 334 g/mol. The molecule has 0 unspecified atom stereocenters. The average Bonchev–Trinajstić information content (AvgIpc) is 2.51. The average molecular weight is 334 g/mol. The topological polar surface area (TPSA) is 37.3 Å². The molecule has 126 valence electrons. The van der Waals surface area contributed by atoms with E-state index < -0.39 is 23.1 Å². The van der Waals surface area contributed by atoms with Crippen LogP contribution in [0, 0.1) is 5.92 Å². The Bertz CT molecular complexity index is 740. The molecule has 0 aromatic heterocycles. The summed E-state index contributed by atoms with van der Waals surface area (Å²) in [6, 6.07) is 12.0. The van der Waals surface area contributed by atoms with Gasteiger partial charge in [-0.25, -0.2) is 0 Å². The predicted octanol–water partition coefficient (Wildman–Crippen LogP) is 5.12. The van der Waals surface area contributed by atoms with E-state index in [0.29, 0.717) is 24.3 Å². The molecule has 0 heterocycles. The highest BCUT2D eigenvalue weighted by Gasteiger charge is 2.49. The van der Waals surface area contributed by atoms with Crippen molar-refractivity contribution in [2.75, 3.05) is 0 Å². The maximum atomic E-state index is 12.6. The highest BCUT2D eigenvalue weighted by atomic mass is 19.4. The third-order valence-corrected chi connectivity index (χ3v) is 4.79. The summed E-state index contributed by atoms with van der Waals surface area (Å²) in [6.07, 6.45) is -3.12. The Balaban J connectivity index is 1.86. The van der Waals surface area contributed by atoms with Crippen LogP contribution in [0.3, 0.4) is 0 Å². The fourth-order valence-electron chi connectivity index (χ4n) is 3.50. The van der Waals surface area contributed by atoms with Gasteiger partial charge in [0.05, 0.1) is 11.0 Å². The minimum absolute atomic E-state index is 0.385. The molecule has 24 heavy (non-hydrogen) atoms. The lowest BCUT2D eigenvalue weighted by atomic mass is 9.59. The Kier molecular flexibility index (Phi) is 3.90. The number of carboxylic acid groups (broad SMARTS) is 1. The van der Waals surface area contributed by atoms with Crippen LogP contribution in [0.15, 0.2) is 48.5 Å². The molecule has 1 aliphatic rings. The molecule has 2 aromatic rings. The fraction of sp³-hybridized carbons (Fsp3) is 0.316. The fourth-order valence-corrected chi connectivity index (χ4v) is 3.50. The zero-order valence-corrected chi connectivity index (χ0v) is 13.1. The minimum Gasteiger partial charge on any atom is -0.481 e. The maximum Gasteiger partial charge on any atom is 0.416 e. The van der Waals surface area contributed by atoms with Crippen LogP contribution >= 0.6 is 0 Å². The molecule has 0 amide bonds. The molecule has 1 fully saturated rings. The van der Waals surface area contributed by atoms with Crippen LogP contribution in [-0.2, 0) is 16.4 Å². The molecule has 0 spiro atoms. The number of halogens is 3. The predicted molar refractivity (Wildman–Crippen MR) is 84.6 cm³/mol. The third kappa shape index (κ3) is 2.79. The Labute approximate surface area is 137 Å². The Morgan fingerprint density at radius 3 is 1.83 bits per heavy atom. The number of alkyl halides is 3. The lowest BCUT2D eigenvalue weighted by Gasteiger charge is -2.43. The van der Waals surface area contributed by atoms with Crippen LogP contribution in [0.5, 0.6) is 0 Å². The third-order valence-electron chi connectivity index (χ3n) is 4.79. The summed E-state index contributed by atoms with van der Waals surface area (Å²) in [5.74, 6) is -0.432. The van der Waals surface area contributed by atoms with Gasteiger partial charge in [-0.3, -0.25) is 4.79 Å². The summed E-state index contributed by atoms with van der Waals surface area (Å²) in [5.41, 5.74) is 0.680. The van der Waals surface area contributed by atoms with Crippen molar-refractivity contribution in [1.82, 2.24) is 0 Å². The van der Waals surface area contributed by atoms with Crippen molar-refractivity contribution < 1.29 is 23.1 Å². The molecule has 1 N–H and O–H groups in total.